The number of fused-ring (bicyclic) bond motifs is 1. The van der Waals surface area contributed by atoms with E-state index < -0.39 is 5.76 Å². The third-order valence-corrected chi connectivity index (χ3v) is 1.59. The van der Waals surface area contributed by atoms with Crippen molar-refractivity contribution in [3.8, 4) is 0 Å². The van der Waals surface area contributed by atoms with Gasteiger partial charge in [0, 0.05) is 7.05 Å². The summed E-state index contributed by atoms with van der Waals surface area (Å²) in [6, 6.07) is 0. The van der Waals surface area contributed by atoms with Crippen LogP contribution in [0.3, 0.4) is 0 Å². The van der Waals surface area contributed by atoms with Crippen molar-refractivity contribution in [3.05, 3.63) is 27.2 Å². The quantitative estimate of drug-likeness (QED) is 0.557. The Balaban J connectivity index is 3.18. The first kappa shape index (κ1) is 6.84. The average molecular weight is 167 g/mol. The number of nitrogens with zero attached hydrogens (tertiary/aromatic N) is 2. The van der Waals surface area contributed by atoms with Crippen molar-refractivity contribution in [1.82, 2.24) is 14.5 Å². The maximum Gasteiger partial charge on any atom is 0.421 e. The Morgan fingerprint density at radius 3 is 3.00 bits per heavy atom. The van der Waals surface area contributed by atoms with Crippen LogP contribution in [0.4, 0.5) is 0 Å². The van der Waals surface area contributed by atoms with Crippen LogP contribution >= 0.6 is 0 Å². The molecule has 0 spiro atoms. The fraction of sp³-hybridized carbons (Fsp3) is 0.167. The van der Waals surface area contributed by atoms with Crippen molar-refractivity contribution in [3.63, 3.8) is 0 Å². The fourth-order valence-electron chi connectivity index (χ4n) is 0.989. The van der Waals surface area contributed by atoms with Gasteiger partial charge in [0.15, 0.2) is 5.52 Å². The molecule has 0 unspecified atom stereocenters. The predicted octanol–water partition coefficient (Wildman–Crippen LogP) is -0.785. The topological polar surface area (TPSA) is 80.9 Å². The summed E-state index contributed by atoms with van der Waals surface area (Å²) in [5, 5.41) is 0. The number of aromatic nitrogens is 3. The first-order valence-electron chi connectivity index (χ1n) is 3.23. The van der Waals surface area contributed by atoms with Crippen LogP contribution in [-0.2, 0) is 7.05 Å². The van der Waals surface area contributed by atoms with Gasteiger partial charge in [-0.05, 0) is 0 Å². The Morgan fingerprint density at radius 1 is 1.58 bits per heavy atom. The Bertz CT molecular complexity index is 533. The van der Waals surface area contributed by atoms with Crippen LogP contribution in [0.15, 0.2) is 20.3 Å². The van der Waals surface area contributed by atoms with Crippen LogP contribution in [0.25, 0.3) is 11.2 Å². The molecule has 0 aliphatic carbocycles. The van der Waals surface area contributed by atoms with Crippen molar-refractivity contribution in [2.75, 3.05) is 0 Å². The highest BCUT2D eigenvalue weighted by Crippen LogP contribution is 1.99. The first-order valence-corrected chi connectivity index (χ1v) is 3.23. The zero-order chi connectivity index (χ0) is 8.72. The lowest BCUT2D eigenvalue weighted by Gasteiger charge is -1.86. The number of hydrogen-bond acceptors (Lipinski definition) is 4. The second kappa shape index (κ2) is 2.07. The Kier molecular flexibility index (Phi) is 1.18. The molecule has 0 saturated carbocycles. The molecule has 6 nitrogen and oxygen atoms in total. The number of aromatic amines is 1. The Hall–Kier alpha value is -1.85. The summed E-state index contributed by atoms with van der Waals surface area (Å²) in [4.78, 5) is 28.0. The lowest BCUT2D eigenvalue weighted by atomic mass is 10.5. The number of oxazole rings is 1. The maximum atomic E-state index is 11.1. The number of H-pyrrole nitrogens is 1. The summed E-state index contributed by atoms with van der Waals surface area (Å²) in [6.45, 7) is 0. The van der Waals surface area contributed by atoms with E-state index in [2.05, 4.69) is 14.4 Å². The zero-order valence-corrected chi connectivity index (χ0v) is 6.20. The fourth-order valence-corrected chi connectivity index (χ4v) is 0.989. The van der Waals surface area contributed by atoms with E-state index >= 15 is 0 Å². The van der Waals surface area contributed by atoms with Gasteiger partial charge in [0.05, 0.1) is 6.33 Å². The van der Waals surface area contributed by atoms with Gasteiger partial charge in [-0.3, -0.25) is 9.36 Å². The molecule has 2 aromatic rings. The van der Waals surface area contributed by atoms with Crippen molar-refractivity contribution in [2.24, 2.45) is 7.05 Å². The van der Waals surface area contributed by atoms with E-state index in [4.69, 9.17) is 0 Å². The molecule has 12 heavy (non-hydrogen) atoms. The summed E-state index contributed by atoms with van der Waals surface area (Å²) in [5.41, 5.74) is -0.165. The van der Waals surface area contributed by atoms with Crippen molar-refractivity contribution in [1.29, 1.82) is 0 Å². The molecule has 2 heterocycles. The lowest BCUT2D eigenvalue weighted by molar-refractivity contribution is 0.520. The van der Waals surface area contributed by atoms with Crippen molar-refractivity contribution in [2.45, 2.75) is 0 Å². The lowest BCUT2D eigenvalue weighted by Crippen LogP contribution is -2.15. The predicted molar refractivity (Wildman–Crippen MR) is 39.9 cm³/mol. The molecule has 0 aromatic carbocycles. The molecule has 0 radical (unpaired) electrons. The zero-order valence-electron chi connectivity index (χ0n) is 6.20. The maximum absolute atomic E-state index is 11.1. The summed E-state index contributed by atoms with van der Waals surface area (Å²) in [7, 11) is 1.45. The minimum atomic E-state index is -0.589. The molecular weight excluding hydrogens is 162 g/mol. The molecule has 62 valence electrons. The molecule has 0 atom stereocenters. The number of aryl methyl sites for hydroxylation is 1. The van der Waals surface area contributed by atoms with Crippen LogP contribution in [0.5, 0.6) is 0 Å². The van der Waals surface area contributed by atoms with E-state index in [1.165, 1.54) is 13.4 Å². The van der Waals surface area contributed by atoms with Crippen molar-refractivity contribution >= 4 is 11.2 Å². The SMILES string of the molecule is Cn1c(=O)oc2nc[nH]c(=O)c21. The van der Waals surface area contributed by atoms with Gasteiger partial charge >= 0.3 is 5.76 Å². The number of nitrogens with one attached hydrogen (secondary N) is 1. The summed E-state index contributed by atoms with van der Waals surface area (Å²) < 4.78 is 5.77. The highest BCUT2D eigenvalue weighted by atomic mass is 16.4. The molecular formula is C6H5N3O3. The van der Waals surface area contributed by atoms with E-state index in [1.807, 2.05) is 0 Å². The highest BCUT2D eigenvalue weighted by Gasteiger charge is 2.08. The third kappa shape index (κ3) is 0.714. The van der Waals surface area contributed by atoms with Gasteiger partial charge in [-0.2, -0.15) is 0 Å². The van der Waals surface area contributed by atoms with Gasteiger partial charge in [-0.1, -0.05) is 0 Å². The Morgan fingerprint density at radius 2 is 2.33 bits per heavy atom. The van der Waals surface area contributed by atoms with Crippen LogP contribution in [0.1, 0.15) is 0 Å². The molecule has 1 N–H and O–H groups in total. The largest absolute Gasteiger partial charge is 0.421 e. The smallest absolute Gasteiger partial charge is 0.388 e. The molecule has 0 fully saturated rings. The summed E-state index contributed by atoms with van der Waals surface area (Å²) in [6.07, 6.45) is 1.19. The van der Waals surface area contributed by atoms with Gasteiger partial charge in [0.1, 0.15) is 0 Å². The summed E-state index contributed by atoms with van der Waals surface area (Å²) in [5.74, 6) is -0.589. The normalized spacial score (nSPS) is 10.8. The molecule has 0 aliphatic rings. The van der Waals surface area contributed by atoms with E-state index in [0.717, 1.165) is 4.57 Å². The monoisotopic (exact) mass is 167 g/mol. The van der Waals surface area contributed by atoms with Gasteiger partial charge < -0.3 is 9.40 Å². The third-order valence-electron chi connectivity index (χ3n) is 1.59. The minimum absolute atomic E-state index is 0.0613. The van der Waals surface area contributed by atoms with Gasteiger partial charge in [0.2, 0.25) is 0 Å². The van der Waals surface area contributed by atoms with Crippen LogP contribution in [0, 0.1) is 0 Å². The standard InChI is InChI=1S/C6H5N3O3/c1-9-3-4(10)7-2-8-5(3)12-6(9)11/h2H,1H3,(H,7,8,10). The molecule has 0 saturated heterocycles. The average Bonchev–Trinajstić information content (AvgIpc) is 2.29. The van der Waals surface area contributed by atoms with Gasteiger partial charge in [0.25, 0.3) is 11.3 Å². The van der Waals surface area contributed by atoms with Crippen molar-refractivity contribution < 1.29 is 4.42 Å². The van der Waals surface area contributed by atoms with E-state index in [0.29, 0.717) is 0 Å². The van der Waals surface area contributed by atoms with Crippen LogP contribution in [-0.4, -0.2) is 14.5 Å². The Labute approximate surface area is 65.5 Å². The van der Waals surface area contributed by atoms with Gasteiger partial charge in [-0.15, -0.1) is 0 Å². The van der Waals surface area contributed by atoms with Gasteiger partial charge in [-0.25, -0.2) is 9.78 Å². The first-order chi connectivity index (χ1) is 5.70. The van der Waals surface area contributed by atoms with E-state index in [-0.39, 0.29) is 16.8 Å². The summed E-state index contributed by atoms with van der Waals surface area (Å²) >= 11 is 0. The van der Waals surface area contributed by atoms with E-state index in [9.17, 15) is 9.59 Å². The second-order valence-corrected chi connectivity index (χ2v) is 2.31. The number of hydrogen-bond donors (Lipinski definition) is 1. The molecule has 0 bridgehead atoms. The molecule has 2 aromatic heterocycles. The second-order valence-electron chi connectivity index (χ2n) is 2.31. The molecule has 0 aliphatic heterocycles. The molecule has 0 amide bonds. The number of rotatable bonds is 0. The molecule has 6 heteroatoms. The highest BCUT2D eigenvalue weighted by molar-refractivity contribution is 5.65. The van der Waals surface area contributed by atoms with E-state index in [1.54, 1.807) is 0 Å². The van der Waals surface area contributed by atoms with Crippen LogP contribution in [0.2, 0.25) is 0 Å². The molecule has 2 rings (SSSR count). The van der Waals surface area contributed by atoms with Crippen LogP contribution < -0.4 is 11.3 Å². The minimum Gasteiger partial charge on any atom is -0.388 e.